The zero-order chi connectivity index (χ0) is 16.5. The van der Waals surface area contributed by atoms with Crippen LogP contribution in [-0.4, -0.2) is 33.7 Å². The molecule has 0 saturated carbocycles. The van der Waals surface area contributed by atoms with E-state index in [1.807, 2.05) is 37.3 Å². The van der Waals surface area contributed by atoms with E-state index in [-0.39, 0.29) is 42.8 Å². The summed E-state index contributed by atoms with van der Waals surface area (Å²) in [5, 5.41) is 11.9. The molecule has 1 heterocycles. The van der Waals surface area contributed by atoms with Crippen molar-refractivity contribution in [2.45, 2.75) is 25.8 Å². The Balaban J connectivity index is 0.00000288. The first-order valence-electron chi connectivity index (χ1n) is 7.42. The lowest BCUT2D eigenvalue weighted by atomic mass is 10.1. The van der Waals surface area contributed by atoms with Crippen LogP contribution < -0.4 is 16.4 Å². The summed E-state index contributed by atoms with van der Waals surface area (Å²) in [6, 6.07) is 9.19. The number of benzene rings is 1. The van der Waals surface area contributed by atoms with Crippen molar-refractivity contribution in [1.82, 2.24) is 25.8 Å². The van der Waals surface area contributed by atoms with Crippen molar-refractivity contribution >= 4 is 36.8 Å². The molecule has 0 bridgehead atoms. The number of guanidine groups is 1. The number of nitrogens with one attached hydrogen (secondary N) is 3. The number of amides is 2. The van der Waals surface area contributed by atoms with E-state index in [2.05, 4.69) is 30.8 Å². The molecule has 10 heteroatoms. The molecule has 0 fully saturated rings. The van der Waals surface area contributed by atoms with Gasteiger partial charge in [-0.15, -0.1) is 24.8 Å². The van der Waals surface area contributed by atoms with Gasteiger partial charge in [-0.1, -0.05) is 30.3 Å². The van der Waals surface area contributed by atoms with Crippen LogP contribution in [0, 0.1) is 0 Å². The number of aromatic nitrogens is 3. The van der Waals surface area contributed by atoms with Gasteiger partial charge in [0.2, 0.25) is 0 Å². The number of rotatable bonds is 6. The standard InChI is InChI=1S/C15H21N7O.2ClH/c1-11(12-6-3-2-4-7-12)20-15(23)21-14(16)17-9-5-8-13-18-10-19-22-13;;/h2-4,6-7,10-11H,5,8-9H2,1H3,(H,18,19,22)(H4,16,17,20,21,23);2*1H/t11-;;/m1../s1. The maximum Gasteiger partial charge on any atom is 0.322 e. The number of hydrogen-bond donors (Lipinski definition) is 4. The van der Waals surface area contributed by atoms with Gasteiger partial charge in [0.1, 0.15) is 12.2 Å². The quantitative estimate of drug-likeness (QED) is 0.343. The van der Waals surface area contributed by atoms with Gasteiger partial charge in [0.05, 0.1) is 6.04 Å². The lowest BCUT2D eigenvalue weighted by Crippen LogP contribution is -2.44. The number of carbonyl (C=O) groups is 1. The highest BCUT2D eigenvalue weighted by Gasteiger charge is 2.09. The highest BCUT2D eigenvalue weighted by atomic mass is 35.5. The first kappa shape index (κ1) is 22.7. The third kappa shape index (κ3) is 8.37. The third-order valence-corrected chi connectivity index (χ3v) is 3.21. The van der Waals surface area contributed by atoms with Crippen molar-refractivity contribution in [3.05, 3.63) is 48.0 Å². The molecule has 0 aliphatic rings. The molecule has 138 valence electrons. The molecule has 8 nitrogen and oxygen atoms in total. The predicted molar refractivity (Wildman–Crippen MR) is 102 cm³/mol. The Morgan fingerprint density at radius 1 is 1.32 bits per heavy atom. The summed E-state index contributed by atoms with van der Waals surface area (Å²) in [6.45, 7) is 2.40. The van der Waals surface area contributed by atoms with Crippen molar-refractivity contribution in [2.75, 3.05) is 6.54 Å². The summed E-state index contributed by atoms with van der Waals surface area (Å²) in [5.74, 6) is 0.904. The van der Waals surface area contributed by atoms with E-state index in [0.29, 0.717) is 6.54 Å². The van der Waals surface area contributed by atoms with E-state index in [4.69, 9.17) is 5.73 Å². The van der Waals surface area contributed by atoms with Gasteiger partial charge in [0, 0.05) is 13.0 Å². The zero-order valence-electron chi connectivity index (χ0n) is 13.8. The van der Waals surface area contributed by atoms with Gasteiger partial charge in [-0.05, 0) is 18.9 Å². The van der Waals surface area contributed by atoms with Crippen LogP contribution in [0.5, 0.6) is 0 Å². The van der Waals surface area contributed by atoms with Gasteiger partial charge >= 0.3 is 6.03 Å². The molecule has 0 unspecified atom stereocenters. The molecule has 0 radical (unpaired) electrons. The van der Waals surface area contributed by atoms with Crippen LogP contribution in [0.3, 0.4) is 0 Å². The third-order valence-electron chi connectivity index (χ3n) is 3.21. The number of aryl methyl sites for hydroxylation is 1. The fourth-order valence-electron chi connectivity index (χ4n) is 2.01. The van der Waals surface area contributed by atoms with E-state index in [0.717, 1.165) is 24.2 Å². The highest BCUT2D eigenvalue weighted by molar-refractivity contribution is 5.95. The first-order valence-corrected chi connectivity index (χ1v) is 7.42. The summed E-state index contributed by atoms with van der Waals surface area (Å²) < 4.78 is 0. The minimum absolute atomic E-state index is 0. The molecule has 0 saturated heterocycles. The Hall–Kier alpha value is -2.32. The minimum atomic E-state index is -0.377. The van der Waals surface area contributed by atoms with Crippen molar-refractivity contribution in [3.63, 3.8) is 0 Å². The smallest absolute Gasteiger partial charge is 0.322 e. The Bertz CT molecular complexity index is 635. The lowest BCUT2D eigenvalue weighted by molar-refractivity contribution is 0.242. The normalized spacial score (nSPS) is 11.6. The summed E-state index contributed by atoms with van der Waals surface area (Å²) in [5.41, 5.74) is 6.71. The molecule has 5 N–H and O–H groups in total. The molecule has 25 heavy (non-hydrogen) atoms. The Morgan fingerprint density at radius 3 is 2.68 bits per heavy atom. The summed E-state index contributed by atoms with van der Waals surface area (Å²) >= 11 is 0. The predicted octanol–water partition coefficient (Wildman–Crippen LogP) is 1.96. The second-order valence-electron chi connectivity index (χ2n) is 5.03. The van der Waals surface area contributed by atoms with E-state index in [9.17, 15) is 4.79 Å². The molecule has 1 aromatic heterocycles. The fourth-order valence-corrected chi connectivity index (χ4v) is 2.01. The van der Waals surface area contributed by atoms with Gasteiger partial charge in [0.25, 0.3) is 0 Å². The van der Waals surface area contributed by atoms with Gasteiger partial charge in [-0.3, -0.25) is 15.4 Å². The Kier molecular flexibility index (Phi) is 11.0. The number of carbonyl (C=O) groups excluding carboxylic acids is 1. The van der Waals surface area contributed by atoms with E-state index < -0.39 is 0 Å². The molecule has 1 atom stereocenters. The number of halogens is 2. The van der Waals surface area contributed by atoms with E-state index >= 15 is 0 Å². The molecule has 2 amide bonds. The SMILES string of the molecule is C[C@@H](NC(=O)NC(N)=NCCCc1ncn[nH]1)c1ccccc1.Cl.Cl. The van der Waals surface area contributed by atoms with Crippen LogP contribution in [0.15, 0.2) is 41.7 Å². The second kappa shape index (κ2) is 12.1. The monoisotopic (exact) mass is 387 g/mol. The number of hydrogen-bond acceptors (Lipinski definition) is 4. The average molecular weight is 388 g/mol. The minimum Gasteiger partial charge on any atom is -0.370 e. The van der Waals surface area contributed by atoms with E-state index in [1.54, 1.807) is 0 Å². The highest BCUT2D eigenvalue weighted by Crippen LogP contribution is 2.10. The second-order valence-corrected chi connectivity index (χ2v) is 5.03. The molecule has 2 rings (SSSR count). The number of nitrogens with two attached hydrogens (primary N) is 1. The zero-order valence-corrected chi connectivity index (χ0v) is 15.4. The van der Waals surface area contributed by atoms with Crippen LogP contribution >= 0.6 is 24.8 Å². The van der Waals surface area contributed by atoms with Crippen LogP contribution in [0.4, 0.5) is 4.79 Å². The molecule has 2 aromatic rings. The molecular formula is C15H23Cl2N7O. The van der Waals surface area contributed by atoms with Gasteiger partial charge in [0.15, 0.2) is 5.96 Å². The first-order chi connectivity index (χ1) is 11.1. The summed E-state index contributed by atoms with van der Waals surface area (Å²) in [4.78, 5) is 20.0. The fraction of sp³-hybridized carbons (Fsp3) is 0.333. The largest absolute Gasteiger partial charge is 0.370 e. The van der Waals surface area contributed by atoms with Crippen LogP contribution in [0.1, 0.15) is 30.8 Å². The number of urea groups is 1. The van der Waals surface area contributed by atoms with Gasteiger partial charge in [-0.25, -0.2) is 9.78 Å². The molecule has 0 aliphatic heterocycles. The van der Waals surface area contributed by atoms with Crippen molar-refractivity contribution in [1.29, 1.82) is 0 Å². The van der Waals surface area contributed by atoms with Crippen LogP contribution in [-0.2, 0) is 6.42 Å². The molecule has 0 spiro atoms. The molecule has 0 aliphatic carbocycles. The number of aliphatic imine (C=N–C) groups is 1. The van der Waals surface area contributed by atoms with Crippen LogP contribution in [0.2, 0.25) is 0 Å². The topological polar surface area (TPSA) is 121 Å². The van der Waals surface area contributed by atoms with Crippen molar-refractivity contribution < 1.29 is 4.79 Å². The summed E-state index contributed by atoms with van der Waals surface area (Å²) in [7, 11) is 0. The Labute approximate surface area is 158 Å². The van der Waals surface area contributed by atoms with Gasteiger partial charge < -0.3 is 11.1 Å². The summed E-state index contributed by atoms with van der Waals surface area (Å²) in [6.07, 6.45) is 2.96. The van der Waals surface area contributed by atoms with Gasteiger partial charge in [-0.2, -0.15) is 5.10 Å². The maximum absolute atomic E-state index is 11.9. The van der Waals surface area contributed by atoms with E-state index in [1.165, 1.54) is 6.33 Å². The van der Waals surface area contributed by atoms with Crippen molar-refractivity contribution in [2.24, 2.45) is 10.7 Å². The average Bonchev–Trinajstić information content (AvgIpc) is 3.05. The lowest BCUT2D eigenvalue weighted by Gasteiger charge is -2.14. The van der Waals surface area contributed by atoms with Crippen molar-refractivity contribution in [3.8, 4) is 0 Å². The number of aromatic amines is 1. The Morgan fingerprint density at radius 2 is 2.04 bits per heavy atom. The maximum atomic E-state index is 11.9. The molecule has 1 aromatic carbocycles. The number of nitrogens with zero attached hydrogens (tertiary/aromatic N) is 3. The molecular weight excluding hydrogens is 365 g/mol. The van der Waals surface area contributed by atoms with Crippen LogP contribution in [0.25, 0.3) is 0 Å². The number of H-pyrrole nitrogens is 1.